The molecule has 0 radical (unpaired) electrons. The smallest absolute Gasteiger partial charge is 0.161 e. The van der Waals surface area contributed by atoms with E-state index in [1.54, 1.807) is 14.2 Å². The van der Waals surface area contributed by atoms with Gasteiger partial charge in [-0.3, -0.25) is 0 Å². The lowest BCUT2D eigenvalue weighted by Gasteiger charge is -2.39. The summed E-state index contributed by atoms with van der Waals surface area (Å²) in [6, 6.07) is 6.32. The Balaban J connectivity index is 3.25. The van der Waals surface area contributed by atoms with Gasteiger partial charge >= 0.3 is 0 Å². The van der Waals surface area contributed by atoms with E-state index >= 15 is 0 Å². The molecule has 1 rings (SSSR count). The largest absolute Gasteiger partial charge is 0.493 e. The van der Waals surface area contributed by atoms with Crippen LogP contribution in [0.4, 0.5) is 0 Å². The second-order valence-corrected chi connectivity index (χ2v) is 5.45. The molecular formula is C15H26N2O2. The molecule has 0 aliphatic heterocycles. The van der Waals surface area contributed by atoms with E-state index in [2.05, 4.69) is 44.2 Å². The van der Waals surface area contributed by atoms with Crippen LogP contribution in [0.1, 0.15) is 25.5 Å². The summed E-state index contributed by atoms with van der Waals surface area (Å²) in [7, 11) is 9.46. The molecule has 4 heteroatoms. The number of hydrogen-bond donors (Lipinski definition) is 1. The van der Waals surface area contributed by atoms with Crippen molar-refractivity contribution in [1.82, 2.24) is 10.2 Å². The maximum atomic E-state index is 5.39. The van der Waals surface area contributed by atoms with Gasteiger partial charge in [0.2, 0.25) is 0 Å². The standard InChI is InChI=1S/C15H26N2O2/c1-15(2,16-3)14(17(4)5)11-8-9-12(18-6)13(10-11)19-7/h8-10,14,16H,1-7H3. The van der Waals surface area contributed by atoms with Gasteiger partial charge in [-0.15, -0.1) is 0 Å². The van der Waals surface area contributed by atoms with Gasteiger partial charge in [-0.1, -0.05) is 6.07 Å². The van der Waals surface area contributed by atoms with Crippen molar-refractivity contribution in [2.24, 2.45) is 0 Å². The predicted molar refractivity (Wildman–Crippen MR) is 79.1 cm³/mol. The Morgan fingerprint density at radius 1 is 1.11 bits per heavy atom. The zero-order valence-electron chi connectivity index (χ0n) is 13.1. The number of methoxy groups -OCH3 is 2. The third-order valence-corrected chi connectivity index (χ3v) is 3.57. The van der Waals surface area contributed by atoms with E-state index in [4.69, 9.17) is 9.47 Å². The fourth-order valence-corrected chi connectivity index (χ4v) is 2.52. The first-order valence-electron chi connectivity index (χ1n) is 6.44. The quantitative estimate of drug-likeness (QED) is 0.856. The first-order valence-corrected chi connectivity index (χ1v) is 6.44. The summed E-state index contributed by atoms with van der Waals surface area (Å²) < 4.78 is 10.7. The molecule has 1 unspecified atom stereocenters. The van der Waals surface area contributed by atoms with E-state index in [9.17, 15) is 0 Å². The summed E-state index contributed by atoms with van der Waals surface area (Å²) in [5, 5.41) is 3.37. The van der Waals surface area contributed by atoms with Crippen LogP contribution in [0.15, 0.2) is 18.2 Å². The van der Waals surface area contributed by atoms with Gasteiger partial charge in [-0.2, -0.15) is 0 Å². The van der Waals surface area contributed by atoms with Gasteiger partial charge in [0.05, 0.1) is 20.3 Å². The molecule has 19 heavy (non-hydrogen) atoms. The summed E-state index contributed by atoms with van der Waals surface area (Å²) in [5.74, 6) is 1.52. The summed E-state index contributed by atoms with van der Waals surface area (Å²) >= 11 is 0. The number of likely N-dealkylation sites (N-methyl/N-ethyl adjacent to an activating group) is 2. The maximum absolute atomic E-state index is 5.39. The Kier molecular flexibility index (Phi) is 5.20. The van der Waals surface area contributed by atoms with Gasteiger partial charge in [0.15, 0.2) is 11.5 Å². The average Bonchev–Trinajstić information content (AvgIpc) is 2.37. The first-order chi connectivity index (χ1) is 8.87. The molecule has 108 valence electrons. The normalized spacial score (nSPS) is 13.5. The molecular weight excluding hydrogens is 240 g/mol. The number of ether oxygens (including phenoxy) is 2. The Hall–Kier alpha value is -1.26. The molecule has 0 aliphatic carbocycles. The Morgan fingerprint density at radius 3 is 2.11 bits per heavy atom. The molecule has 1 aromatic rings. The average molecular weight is 266 g/mol. The second kappa shape index (κ2) is 6.26. The molecule has 0 heterocycles. The lowest BCUT2D eigenvalue weighted by atomic mass is 9.87. The van der Waals surface area contributed by atoms with Crippen LogP contribution in [0.5, 0.6) is 11.5 Å². The summed E-state index contributed by atoms with van der Waals surface area (Å²) in [5.41, 5.74) is 1.14. The minimum Gasteiger partial charge on any atom is -0.493 e. The van der Waals surface area contributed by atoms with E-state index in [1.165, 1.54) is 5.56 Å². The van der Waals surface area contributed by atoms with Crippen LogP contribution < -0.4 is 14.8 Å². The monoisotopic (exact) mass is 266 g/mol. The topological polar surface area (TPSA) is 33.7 Å². The lowest BCUT2D eigenvalue weighted by molar-refractivity contribution is 0.177. The maximum Gasteiger partial charge on any atom is 0.161 e. The third kappa shape index (κ3) is 3.39. The van der Waals surface area contributed by atoms with Crippen LogP contribution >= 0.6 is 0 Å². The van der Waals surface area contributed by atoms with E-state index in [0.717, 1.165) is 11.5 Å². The van der Waals surface area contributed by atoms with Crippen molar-refractivity contribution < 1.29 is 9.47 Å². The van der Waals surface area contributed by atoms with Gasteiger partial charge in [0, 0.05) is 5.54 Å². The zero-order valence-corrected chi connectivity index (χ0v) is 13.1. The number of nitrogens with one attached hydrogen (secondary N) is 1. The van der Waals surface area contributed by atoms with Crippen LogP contribution in [0.2, 0.25) is 0 Å². The van der Waals surface area contributed by atoms with Crippen LogP contribution in [-0.4, -0.2) is 45.8 Å². The zero-order chi connectivity index (χ0) is 14.6. The van der Waals surface area contributed by atoms with Crippen LogP contribution in [-0.2, 0) is 0 Å². The number of rotatable bonds is 6. The van der Waals surface area contributed by atoms with Gasteiger partial charge in [-0.25, -0.2) is 0 Å². The van der Waals surface area contributed by atoms with Gasteiger partial charge in [0.25, 0.3) is 0 Å². The van der Waals surface area contributed by atoms with E-state index in [1.807, 2.05) is 19.2 Å². The highest BCUT2D eigenvalue weighted by Gasteiger charge is 2.31. The Morgan fingerprint density at radius 2 is 1.68 bits per heavy atom. The number of hydrogen-bond acceptors (Lipinski definition) is 4. The van der Waals surface area contributed by atoms with Crippen molar-refractivity contribution in [2.75, 3.05) is 35.4 Å². The Labute approximate surface area is 116 Å². The third-order valence-electron chi connectivity index (χ3n) is 3.57. The van der Waals surface area contributed by atoms with Crippen molar-refractivity contribution in [3.05, 3.63) is 23.8 Å². The van der Waals surface area contributed by atoms with Crippen molar-refractivity contribution >= 4 is 0 Å². The molecule has 0 saturated carbocycles. The van der Waals surface area contributed by atoms with Crippen molar-refractivity contribution in [2.45, 2.75) is 25.4 Å². The highest BCUT2D eigenvalue weighted by atomic mass is 16.5. The molecule has 1 N–H and O–H groups in total. The lowest BCUT2D eigenvalue weighted by Crippen LogP contribution is -2.48. The minimum atomic E-state index is -0.0525. The molecule has 0 amide bonds. The minimum absolute atomic E-state index is 0.0525. The fourth-order valence-electron chi connectivity index (χ4n) is 2.52. The first kappa shape index (κ1) is 15.8. The van der Waals surface area contributed by atoms with Gasteiger partial charge in [0.1, 0.15) is 0 Å². The summed E-state index contributed by atoms with van der Waals surface area (Å²) in [6.45, 7) is 4.38. The fraction of sp³-hybridized carbons (Fsp3) is 0.600. The van der Waals surface area contributed by atoms with Crippen molar-refractivity contribution in [3.8, 4) is 11.5 Å². The number of nitrogens with zero attached hydrogens (tertiary/aromatic N) is 1. The van der Waals surface area contributed by atoms with Crippen molar-refractivity contribution in [3.63, 3.8) is 0 Å². The van der Waals surface area contributed by atoms with E-state index in [-0.39, 0.29) is 11.6 Å². The molecule has 0 saturated heterocycles. The molecule has 0 fully saturated rings. The second-order valence-electron chi connectivity index (χ2n) is 5.45. The highest BCUT2D eigenvalue weighted by Crippen LogP contribution is 2.35. The van der Waals surface area contributed by atoms with Crippen LogP contribution in [0, 0.1) is 0 Å². The summed E-state index contributed by atoms with van der Waals surface area (Å²) in [6.07, 6.45) is 0. The molecule has 0 aliphatic rings. The molecule has 0 aromatic heterocycles. The van der Waals surface area contributed by atoms with Crippen LogP contribution in [0.25, 0.3) is 0 Å². The number of benzene rings is 1. The highest BCUT2D eigenvalue weighted by molar-refractivity contribution is 5.44. The Bertz CT molecular complexity index is 417. The predicted octanol–water partition coefficient (Wildman–Crippen LogP) is 2.30. The molecule has 4 nitrogen and oxygen atoms in total. The van der Waals surface area contributed by atoms with Gasteiger partial charge < -0.3 is 19.7 Å². The van der Waals surface area contributed by atoms with Crippen molar-refractivity contribution in [1.29, 1.82) is 0 Å². The molecule has 0 bridgehead atoms. The van der Waals surface area contributed by atoms with E-state index < -0.39 is 0 Å². The van der Waals surface area contributed by atoms with Gasteiger partial charge in [-0.05, 0) is 52.7 Å². The molecule has 1 aromatic carbocycles. The SMILES string of the molecule is CNC(C)(C)C(c1ccc(OC)c(OC)c1)N(C)C. The summed E-state index contributed by atoms with van der Waals surface area (Å²) in [4.78, 5) is 2.21. The molecule has 0 spiro atoms. The van der Waals surface area contributed by atoms with Crippen LogP contribution in [0.3, 0.4) is 0 Å². The van der Waals surface area contributed by atoms with E-state index in [0.29, 0.717) is 0 Å². The molecule has 1 atom stereocenters.